The Kier molecular flexibility index (Phi) is 9.64. The van der Waals surface area contributed by atoms with Crippen LogP contribution in [-0.4, -0.2) is 43.3 Å². The normalized spacial score (nSPS) is 12.5. The van der Waals surface area contributed by atoms with E-state index in [-0.39, 0.29) is 32.7 Å². The Morgan fingerprint density at radius 2 is 1.56 bits per heavy atom. The van der Waals surface area contributed by atoms with Crippen LogP contribution in [-0.2, 0) is 26.2 Å². The van der Waals surface area contributed by atoms with Crippen LogP contribution >= 0.6 is 23.2 Å². The molecule has 39 heavy (non-hydrogen) atoms. The molecular formula is C28H30Cl2FN3O4S. The zero-order chi connectivity index (χ0) is 29.0. The highest BCUT2D eigenvalue weighted by Crippen LogP contribution is 2.35. The number of rotatable bonds is 9. The average Bonchev–Trinajstić information content (AvgIpc) is 2.87. The summed E-state index contributed by atoms with van der Waals surface area (Å²) < 4.78 is 43.0. The van der Waals surface area contributed by atoms with Crippen LogP contribution < -0.4 is 9.62 Å². The van der Waals surface area contributed by atoms with Gasteiger partial charge in [0.15, 0.2) is 0 Å². The number of benzene rings is 3. The second-order valence-corrected chi connectivity index (χ2v) is 12.6. The van der Waals surface area contributed by atoms with Gasteiger partial charge in [0.05, 0.1) is 20.6 Å². The van der Waals surface area contributed by atoms with Crippen LogP contribution in [0.3, 0.4) is 0 Å². The summed E-state index contributed by atoms with van der Waals surface area (Å²) in [4.78, 5) is 28.0. The number of carbonyl (C=O) groups is 2. The molecule has 0 saturated heterocycles. The quantitative estimate of drug-likeness (QED) is 0.347. The van der Waals surface area contributed by atoms with E-state index in [1.807, 2.05) is 0 Å². The van der Waals surface area contributed by atoms with E-state index in [0.29, 0.717) is 0 Å². The largest absolute Gasteiger partial charge is 0.350 e. The number of halogens is 3. The van der Waals surface area contributed by atoms with E-state index in [1.165, 1.54) is 55.5 Å². The van der Waals surface area contributed by atoms with Crippen LogP contribution in [0.5, 0.6) is 0 Å². The molecule has 0 aliphatic rings. The molecule has 3 aromatic rings. The number of carbonyl (C=O) groups excluding carboxylic acids is 2. The summed E-state index contributed by atoms with van der Waals surface area (Å²) >= 11 is 12.6. The van der Waals surface area contributed by atoms with Crippen molar-refractivity contribution in [3.8, 4) is 0 Å². The van der Waals surface area contributed by atoms with Crippen LogP contribution in [0.1, 0.15) is 33.3 Å². The van der Waals surface area contributed by atoms with Crippen LogP contribution in [0.4, 0.5) is 10.1 Å². The van der Waals surface area contributed by atoms with Crippen molar-refractivity contribution in [1.82, 2.24) is 10.2 Å². The number of hydrogen-bond acceptors (Lipinski definition) is 4. The summed E-state index contributed by atoms with van der Waals surface area (Å²) in [5.74, 6) is -1.79. The summed E-state index contributed by atoms with van der Waals surface area (Å²) in [6, 6.07) is 16.8. The van der Waals surface area contributed by atoms with Crippen LogP contribution in [0.25, 0.3) is 0 Å². The zero-order valence-corrected chi connectivity index (χ0v) is 24.3. The summed E-state index contributed by atoms with van der Waals surface area (Å²) in [5, 5.41) is 2.84. The van der Waals surface area contributed by atoms with E-state index in [2.05, 4.69) is 5.32 Å². The third-order valence-electron chi connectivity index (χ3n) is 5.77. The minimum atomic E-state index is -4.31. The molecule has 0 radical (unpaired) electrons. The van der Waals surface area contributed by atoms with Crippen molar-refractivity contribution in [2.45, 2.75) is 50.7 Å². The molecule has 7 nitrogen and oxygen atoms in total. The second kappa shape index (κ2) is 12.4. The molecule has 0 bridgehead atoms. The molecular weight excluding hydrogens is 564 g/mol. The minimum absolute atomic E-state index is 0.0148. The molecule has 1 unspecified atom stereocenters. The number of anilines is 1. The van der Waals surface area contributed by atoms with Gasteiger partial charge in [0.2, 0.25) is 11.8 Å². The summed E-state index contributed by atoms with van der Waals surface area (Å²) in [6.07, 6.45) is 0. The van der Waals surface area contributed by atoms with E-state index < -0.39 is 45.8 Å². The number of sulfonamides is 1. The Morgan fingerprint density at radius 3 is 2.18 bits per heavy atom. The Labute approximate surface area is 238 Å². The fourth-order valence-electron chi connectivity index (χ4n) is 3.78. The molecule has 0 spiro atoms. The van der Waals surface area contributed by atoms with Crippen molar-refractivity contribution >= 4 is 50.7 Å². The first-order valence-electron chi connectivity index (χ1n) is 12.1. The standard InChI is InChI=1S/C28H30Cl2FN3O4S/c1-19(27(36)32-28(2,3)4)33(17-20-11-8-9-15-23(20)31)25(35)18-34(24-16-10-14-22(29)26(24)30)39(37,38)21-12-6-5-7-13-21/h5-16,19H,17-18H2,1-4H3,(H,32,36). The van der Waals surface area contributed by atoms with E-state index >= 15 is 0 Å². The first-order valence-corrected chi connectivity index (χ1v) is 14.3. The predicted octanol–water partition coefficient (Wildman–Crippen LogP) is 5.66. The number of hydrogen-bond donors (Lipinski definition) is 1. The van der Waals surface area contributed by atoms with Crippen LogP contribution in [0, 0.1) is 5.82 Å². The molecule has 0 aromatic heterocycles. The monoisotopic (exact) mass is 593 g/mol. The highest BCUT2D eigenvalue weighted by molar-refractivity contribution is 7.92. The Balaban J connectivity index is 2.08. The van der Waals surface area contributed by atoms with Gasteiger partial charge in [0, 0.05) is 17.6 Å². The van der Waals surface area contributed by atoms with Gasteiger partial charge in [0.25, 0.3) is 10.0 Å². The van der Waals surface area contributed by atoms with Gasteiger partial charge >= 0.3 is 0 Å². The van der Waals surface area contributed by atoms with Crippen LogP contribution in [0.15, 0.2) is 77.7 Å². The predicted molar refractivity (Wildman–Crippen MR) is 152 cm³/mol. The molecule has 1 atom stereocenters. The number of nitrogens with zero attached hydrogens (tertiary/aromatic N) is 2. The maximum Gasteiger partial charge on any atom is 0.264 e. The van der Waals surface area contributed by atoms with Gasteiger partial charge in [-0.05, 0) is 58.0 Å². The van der Waals surface area contributed by atoms with E-state index in [9.17, 15) is 22.4 Å². The van der Waals surface area contributed by atoms with Crippen molar-refractivity contribution in [3.63, 3.8) is 0 Å². The second-order valence-electron chi connectivity index (χ2n) is 9.93. The van der Waals surface area contributed by atoms with Crippen molar-refractivity contribution in [1.29, 1.82) is 0 Å². The van der Waals surface area contributed by atoms with Gasteiger partial charge in [-0.1, -0.05) is 65.7 Å². The Morgan fingerprint density at radius 1 is 0.949 bits per heavy atom. The molecule has 3 rings (SSSR count). The highest BCUT2D eigenvalue weighted by atomic mass is 35.5. The molecule has 11 heteroatoms. The smallest absolute Gasteiger partial charge is 0.264 e. The third kappa shape index (κ3) is 7.50. The minimum Gasteiger partial charge on any atom is -0.350 e. The fourth-order valence-corrected chi connectivity index (χ4v) is 5.68. The molecule has 2 amide bonds. The molecule has 1 N–H and O–H groups in total. The van der Waals surface area contributed by atoms with Gasteiger partial charge in [-0.3, -0.25) is 13.9 Å². The van der Waals surface area contributed by atoms with Gasteiger partial charge in [-0.15, -0.1) is 0 Å². The first-order chi connectivity index (χ1) is 18.2. The third-order valence-corrected chi connectivity index (χ3v) is 8.36. The molecule has 0 fully saturated rings. The fraction of sp³-hybridized carbons (Fsp3) is 0.286. The Bertz CT molecular complexity index is 1450. The lowest BCUT2D eigenvalue weighted by atomic mass is 10.1. The highest BCUT2D eigenvalue weighted by Gasteiger charge is 2.34. The van der Waals surface area contributed by atoms with Crippen molar-refractivity contribution < 1.29 is 22.4 Å². The maximum absolute atomic E-state index is 14.6. The van der Waals surface area contributed by atoms with E-state index in [4.69, 9.17) is 23.2 Å². The molecule has 3 aromatic carbocycles. The lowest BCUT2D eigenvalue weighted by Gasteiger charge is -2.33. The van der Waals surface area contributed by atoms with Gasteiger partial charge in [-0.25, -0.2) is 12.8 Å². The van der Waals surface area contributed by atoms with Crippen molar-refractivity contribution in [3.05, 3.63) is 94.2 Å². The molecule has 0 aliphatic carbocycles. The molecule has 208 valence electrons. The summed E-state index contributed by atoms with van der Waals surface area (Å²) in [7, 11) is -4.31. The molecule has 0 heterocycles. The van der Waals surface area contributed by atoms with Gasteiger partial charge in [-0.2, -0.15) is 0 Å². The zero-order valence-electron chi connectivity index (χ0n) is 22.0. The SMILES string of the molecule is CC(C(=O)NC(C)(C)C)N(Cc1ccccc1F)C(=O)CN(c1cccc(Cl)c1Cl)S(=O)(=O)c1ccccc1. The topological polar surface area (TPSA) is 86.8 Å². The van der Waals surface area contributed by atoms with Crippen molar-refractivity contribution in [2.24, 2.45) is 0 Å². The van der Waals surface area contributed by atoms with E-state index in [1.54, 1.807) is 45.0 Å². The average molecular weight is 595 g/mol. The summed E-state index contributed by atoms with van der Waals surface area (Å²) in [5.41, 5.74) is -0.451. The molecule has 0 saturated carbocycles. The maximum atomic E-state index is 14.6. The lowest BCUT2D eigenvalue weighted by molar-refractivity contribution is -0.140. The van der Waals surface area contributed by atoms with Crippen LogP contribution in [0.2, 0.25) is 10.0 Å². The number of nitrogens with one attached hydrogen (secondary N) is 1. The number of amides is 2. The first kappa shape index (κ1) is 30.4. The lowest BCUT2D eigenvalue weighted by Crippen LogP contribution is -2.54. The summed E-state index contributed by atoms with van der Waals surface area (Å²) in [6.45, 7) is 5.87. The van der Waals surface area contributed by atoms with Crippen molar-refractivity contribution in [2.75, 3.05) is 10.8 Å². The molecule has 0 aliphatic heterocycles. The van der Waals surface area contributed by atoms with Gasteiger partial charge < -0.3 is 10.2 Å². The van der Waals surface area contributed by atoms with E-state index in [0.717, 1.165) is 9.21 Å². The van der Waals surface area contributed by atoms with Gasteiger partial charge in [0.1, 0.15) is 18.4 Å². The Hall–Kier alpha value is -3.14.